The van der Waals surface area contributed by atoms with Crippen LogP contribution in [0.5, 0.6) is 11.5 Å². The highest BCUT2D eigenvalue weighted by Crippen LogP contribution is 2.38. The maximum Gasteiger partial charge on any atom is 0.335 e. The summed E-state index contributed by atoms with van der Waals surface area (Å²) in [5.74, 6) is 0.0592. The summed E-state index contributed by atoms with van der Waals surface area (Å²) in [5, 5.41) is 9.59. The summed E-state index contributed by atoms with van der Waals surface area (Å²) >= 11 is 3.44. The van der Waals surface area contributed by atoms with E-state index in [1.165, 1.54) is 23.9 Å². The number of thioether (sulfide) groups is 1. The van der Waals surface area contributed by atoms with Crippen molar-refractivity contribution in [3.05, 3.63) is 68.7 Å². The predicted molar refractivity (Wildman–Crippen MR) is 135 cm³/mol. The predicted octanol–water partition coefficient (Wildman–Crippen LogP) is 5.19. The maximum absolute atomic E-state index is 12.9. The van der Waals surface area contributed by atoms with Gasteiger partial charge in [-0.1, -0.05) is 12.7 Å². The van der Waals surface area contributed by atoms with Gasteiger partial charge in [0, 0.05) is 6.54 Å². The third-order valence-corrected chi connectivity index (χ3v) is 6.25. The highest BCUT2D eigenvalue weighted by molar-refractivity contribution is 14.1. The molecule has 2 aromatic rings. The fourth-order valence-electron chi connectivity index (χ4n) is 2.92. The van der Waals surface area contributed by atoms with Crippen LogP contribution in [-0.4, -0.2) is 47.3 Å². The van der Waals surface area contributed by atoms with Crippen molar-refractivity contribution in [2.75, 3.05) is 20.3 Å². The molecule has 1 saturated heterocycles. The number of benzene rings is 2. The second-order valence-electron chi connectivity index (χ2n) is 6.54. The van der Waals surface area contributed by atoms with E-state index in [-0.39, 0.29) is 11.5 Å². The Kier molecular flexibility index (Phi) is 7.97. The molecule has 1 fully saturated rings. The number of likely N-dealkylation sites (N-methyl/N-ethyl adjacent to an activating group) is 1. The monoisotopic (exact) mass is 564 g/mol. The highest BCUT2D eigenvalue weighted by atomic mass is 127. The van der Waals surface area contributed by atoms with Gasteiger partial charge in [-0.2, -0.15) is 0 Å². The van der Waals surface area contributed by atoms with Crippen LogP contribution in [0.25, 0.3) is 6.08 Å². The van der Waals surface area contributed by atoms with Crippen LogP contribution in [0.15, 0.2) is 59.0 Å². The lowest BCUT2D eigenvalue weighted by Gasteiger charge is -2.13. The molecule has 7 nitrogen and oxygen atoms in total. The second kappa shape index (κ2) is 10.7. The van der Waals surface area contributed by atoms with Crippen molar-refractivity contribution in [1.29, 1.82) is 0 Å². The molecule has 0 atom stereocenters. The van der Waals surface area contributed by atoms with E-state index < -0.39 is 5.97 Å². The average Bonchev–Trinajstić information content (AvgIpc) is 3.06. The fourth-order valence-corrected chi connectivity index (χ4v) is 4.76. The van der Waals surface area contributed by atoms with Crippen molar-refractivity contribution in [2.24, 2.45) is 4.99 Å². The zero-order chi connectivity index (χ0) is 23.3. The topological polar surface area (TPSA) is 88.4 Å². The molecule has 32 heavy (non-hydrogen) atoms. The maximum atomic E-state index is 12.9. The van der Waals surface area contributed by atoms with Crippen LogP contribution in [0.1, 0.15) is 22.8 Å². The number of amides is 1. The van der Waals surface area contributed by atoms with Crippen LogP contribution >= 0.6 is 34.4 Å². The van der Waals surface area contributed by atoms with Gasteiger partial charge in [0.05, 0.1) is 26.8 Å². The van der Waals surface area contributed by atoms with E-state index in [2.05, 4.69) is 34.2 Å². The summed E-state index contributed by atoms with van der Waals surface area (Å²) in [4.78, 5) is 30.6. The molecule has 166 valence electrons. The van der Waals surface area contributed by atoms with Gasteiger partial charge < -0.3 is 14.6 Å². The normalized spacial score (nSPS) is 16.0. The van der Waals surface area contributed by atoms with Gasteiger partial charge in [0.1, 0.15) is 6.61 Å². The van der Waals surface area contributed by atoms with Crippen molar-refractivity contribution in [2.45, 2.75) is 6.92 Å². The Morgan fingerprint density at radius 2 is 2.03 bits per heavy atom. The first-order valence-corrected chi connectivity index (χ1v) is 11.5. The van der Waals surface area contributed by atoms with Crippen molar-refractivity contribution in [3.8, 4) is 11.5 Å². The van der Waals surface area contributed by atoms with Crippen molar-refractivity contribution in [1.82, 2.24) is 4.90 Å². The Bertz CT molecular complexity index is 1110. The van der Waals surface area contributed by atoms with E-state index >= 15 is 0 Å². The van der Waals surface area contributed by atoms with Crippen molar-refractivity contribution < 1.29 is 24.2 Å². The average molecular weight is 564 g/mol. The molecule has 1 N–H and O–H groups in total. The Morgan fingerprint density at radius 1 is 1.31 bits per heavy atom. The number of amidine groups is 1. The van der Waals surface area contributed by atoms with E-state index in [4.69, 9.17) is 14.6 Å². The number of carboxylic acids is 1. The largest absolute Gasteiger partial charge is 0.493 e. The van der Waals surface area contributed by atoms with Gasteiger partial charge in [-0.25, -0.2) is 9.79 Å². The lowest BCUT2D eigenvalue weighted by Crippen LogP contribution is -2.28. The number of aromatic carboxylic acids is 1. The van der Waals surface area contributed by atoms with Crippen LogP contribution in [-0.2, 0) is 4.79 Å². The first-order valence-electron chi connectivity index (χ1n) is 9.62. The number of carbonyl (C=O) groups excluding carboxylic acids is 1. The Morgan fingerprint density at radius 3 is 2.62 bits per heavy atom. The second-order valence-corrected chi connectivity index (χ2v) is 8.71. The van der Waals surface area contributed by atoms with Gasteiger partial charge in [0.25, 0.3) is 5.91 Å². The van der Waals surface area contributed by atoms with Crippen LogP contribution in [0.4, 0.5) is 5.69 Å². The molecule has 0 spiro atoms. The minimum Gasteiger partial charge on any atom is -0.493 e. The number of nitrogens with zero attached hydrogens (tertiary/aromatic N) is 2. The minimum atomic E-state index is -0.999. The number of methoxy groups -OCH3 is 1. The van der Waals surface area contributed by atoms with E-state index in [0.717, 1.165) is 9.13 Å². The lowest BCUT2D eigenvalue weighted by molar-refractivity contribution is -0.122. The van der Waals surface area contributed by atoms with Gasteiger partial charge in [0.15, 0.2) is 16.7 Å². The number of rotatable bonds is 8. The summed E-state index contributed by atoms with van der Waals surface area (Å²) in [7, 11) is 1.57. The number of aliphatic imine (C=N–C) groups is 1. The zero-order valence-corrected chi connectivity index (χ0v) is 20.5. The molecule has 1 aliphatic heterocycles. The molecule has 0 aliphatic carbocycles. The molecular weight excluding hydrogens is 543 g/mol. The van der Waals surface area contributed by atoms with E-state index in [0.29, 0.717) is 40.4 Å². The van der Waals surface area contributed by atoms with E-state index in [1.54, 1.807) is 36.3 Å². The van der Waals surface area contributed by atoms with Crippen molar-refractivity contribution in [3.63, 3.8) is 0 Å². The summed E-state index contributed by atoms with van der Waals surface area (Å²) < 4.78 is 12.0. The Labute approximate surface area is 204 Å². The zero-order valence-electron chi connectivity index (χ0n) is 17.5. The molecule has 3 rings (SSSR count). The summed E-state index contributed by atoms with van der Waals surface area (Å²) in [5.41, 5.74) is 1.56. The number of carbonyl (C=O) groups is 2. The van der Waals surface area contributed by atoms with Crippen LogP contribution in [0.3, 0.4) is 0 Å². The third-order valence-electron chi connectivity index (χ3n) is 4.44. The van der Waals surface area contributed by atoms with Gasteiger partial charge >= 0.3 is 5.97 Å². The van der Waals surface area contributed by atoms with E-state index in [1.807, 2.05) is 19.1 Å². The number of hydrogen-bond donors (Lipinski definition) is 1. The molecule has 0 bridgehead atoms. The minimum absolute atomic E-state index is 0.139. The molecule has 2 aromatic carbocycles. The lowest BCUT2D eigenvalue weighted by atomic mass is 10.2. The summed E-state index contributed by atoms with van der Waals surface area (Å²) in [6, 6.07) is 9.94. The van der Waals surface area contributed by atoms with Crippen LogP contribution in [0.2, 0.25) is 0 Å². The molecule has 0 unspecified atom stereocenters. The molecule has 9 heteroatoms. The molecule has 1 aliphatic rings. The van der Waals surface area contributed by atoms with Gasteiger partial charge in [-0.05, 0) is 89.3 Å². The molecule has 0 saturated carbocycles. The molecule has 0 radical (unpaired) electrons. The first-order chi connectivity index (χ1) is 15.4. The standard InChI is InChI=1S/C23H21IN2O5S/c1-4-10-31-20-17(24)11-14(12-18(20)30-3)13-19-21(27)26(5-2)23(32-19)25-16-8-6-15(7-9-16)22(28)29/h4,6-9,11-13H,1,5,10H2,2-3H3,(H,28,29)/b19-13-,25-23?. The highest BCUT2D eigenvalue weighted by Gasteiger charge is 2.32. The van der Waals surface area contributed by atoms with Crippen LogP contribution in [0, 0.1) is 3.57 Å². The van der Waals surface area contributed by atoms with Gasteiger partial charge in [-0.3, -0.25) is 9.69 Å². The molecule has 1 heterocycles. The SMILES string of the molecule is C=CCOc1c(I)cc(/C=C2\SC(=Nc3ccc(C(=O)O)cc3)N(CC)C2=O)cc1OC. The number of carboxylic acid groups (broad SMARTS) is 1. The Hall–Kier alpha value is -2.79. The van der Waals surface area contributed by atoms with E-state index in [9.17, 15) is 9.59 Å². The fraction of sp³-hybridized carbons (Fsp3) is 0.174. The quantitative estimate of drug-likeness (QED) is 0.270. The van der Waals surface area contributed by atoms with Crippen molar-refractivity contribution >= 4 is 63.2 Å². The summed E-state index contributed by atoms with van der Waals surface area (Å²) in [6.07, 6.45) is 3.46. The van der Waals surface area contributed by atoms with Gasteiger partial charge in [0.2, 0.25) is 0 Å². The number of hydrogen-bond acceptors (Lipinski definition) is 6. The third kappa shape index (κ3) is 5.33. The summed E-state index contributed by atoms with van der Waals surface area (Å²) in [6.45, 7) is 6.36. The smallest absolute Gasteiger partial charge is 0.335 e. The number of halogens is 1. The molecular formula is C23H21IN2O5S. The Balaban J connectivity index is 1.92. The molecule has 1 amide bonds. The van der Waals surface area contributed by atoms with Crippen LogP contribution < -0.4 is 9.47 Å². The number of ether oxygens (including phenoxy) is 2. The molecule has 0 aromatic heterocycles. The van der Waals surface area contributed by atoms with Gasteiger partial charge in [-0.15, -0.1) is 0 Å². The first kappa shape index (κ1) is 23.9.